The summed E-state index contributed by atoms with van der Waals surface area (Å²) in [7, 11) is 0. The van der Waals surface area contributed by atoms with Crippen molar-refractivity contribution in [3.05, 3.63) is 59.7 Å². The van der Waals surface area contributed by atoms with E-state index in [-0.39, 0.29) is 18.4 Å². The number of hydrogen-bond acceptors (Lipinski definition) is 3. The van der Waals surface area contributed by atoms with Gasteiger partial charge in [0.1, 0.15) is 12.6 Å². The minimum absolute atomic E-state index is 0.0397. The quantitative estimate of drug-likeness (QED) is 0.751. The zero-order valence-corrected chi connectivity index (χ0v) is 16.6. The van der Waals surface area contributed by atoms with Crippen LogP contribution in [0, 0.1) is 5.92 Å². The first-order chi connectivity index (χ1) is 13.5. The maximum absolute atomic E-state index is 12.8. The zero-order valence-electron chi connectivity index (χ0n) is 16.6. The highest BCUT2D eigenvalue weighted by molar-refractivity contribution is 5.81. The number of carbonyl (C=O) groups excluding carboxylic acids is 1. The lowest BCUT2D eigenvalue weighted by atomic mass is 9.98. The fraction of sp³-hybridized carbons (Fsp3) is 0.391. The molecule has 2 aromatic carbocycles. The molecule has 5 heteroatoms. The Morgan fingerprint density at radius 1 is 1.04 bits per heavy atom. The van der Waals surface area contributed by atoms with Crippen LogP contribution in [0.5, 0.6) is 0 Å². The van der Waals surface area contributed by atoms with Crippen LogP contribution < -0.4 is 0 Å². The van der Waals surface area contributed by atoms with Gasteiger partial charge in [0.2, 0.25) is 0 Å². The molecule has 2 aromatic rings. The van der Waals surface area contributed by atoms with Gasteiger partial charge < -0.3 is 9.84 Å². The molecule has 3 rings (SSSR count). The SMILES string of the molecule is CCCN(C(=O)OCC1c2ccccc2-c2ccccc21)C(C(=O)O)C(C)C. The molecule has 0 saturated carbocycles. The van der Waals surface area contributed by atoms with Crippen LogP contribution in [0.1, 0.15) is 44.2 Å². The maximum Gasteiger partial charge on any atom is 0.410 e. The molecular formula is C23H27NO4. The number of fused-ring (bicyclic) bond motifs is 3. The maximum atomic E-state index is 12.8. The molecule has 0 spiro atoms. The largest absolute Gasteiger partial charge is 0.480 e. The standard InChI is InChI=1S/C23H27NO4/c1-4-13-24(21(15(2)3)22(25)26)23(27)28-14-20-18-11-7-5-9-16(18)17-10-6-8-12-19(17)20/h5-12,15,20-21H,4,13-14H2,1-3H3,(H,25,26). The van der Waals surface area contributed by atoms with Crippen molar-refractivity contribution in [2.45, 2.75) is 39.2 Å². The summed E-state index contributed by atoms with van der Waals surface area (Å²) in [5.74, 6) is -1.25. The van der Waals surface area contributed by atoms with Crippen LogP contribution in [0.15, 0.2) is 48.5 Å². The summed E-state index contributed by atoms with van der Waals surface area (Å²) in [6.07, 6.45) is 0.102. The molecule has 0 fully saturated rings. The molecule has 1 amide bonds. The fourth-order valence-corrected chi connectivity index (χ4v) is 4.04. The second-order valence-electron chi connectivity index (χ2n) is 7.52. The lowest BCUT2D eigenvalue weighted by Crippen LogP contribution is -2.48. The fourth-order valence-electron chi connectivity index (χ4n) is 4.04. The molecule has 0 heterocycles. The molecule has 5 nitrogen and oxygen atoms in total. The van der Waals surface area contributed by atoms with Crippen LogP contribution in [0.3, 0.4) is 0 Å². The number of nitrogens with zero attached hydrogens (tertiary/aromatic N) is 1. The van der Waals surface area contributed by atoms with E-state index < -0.39 is 18.1 Å². The Morgan fingerprint density at radius 3 is 2.04 bits per heavy atom. The van der Waals surface area contributed by atoms with Crippen molar-refractivity contribution in [3.63, 3.8) is 0 Å². The van der Waals surface area contributed by atoms with Crippen LogP contribution in [0.4, 0.5) is 4.79 Å². The molecule has 0 saturated heterocycles. The number of aliphatic carboxylic acids is 1. The van der Waals surface area contributed by atoms with Crippen LogP contribution in [0.2, 0.25) is 0 Å². The number of ether oxygens (including phenoxy) is 1. The number of carboxylic acid groups (broad SMARTS) is 1. The Labute approximate surface area is 165 Å². The van der Waals surface area contributed by atoms with E-state index in [0.717, 1.165) is 22.3 Å². The Bertz CT molecular complexity index is 816. The summed E-state index contributed by atoms with van der Waals surface area (Å²) in [4.78, 5) is 25.9. The van der Waals surface area contributed by atoms with E-state index >= 15 is 0 Å². The van der Waals surface area contributed by atoms with Gasteiger partial charge in [-0.05, 0) is 34.6 Å². The third kappa shape index (κ3) is 3.75. The molecule has 0 aromatic heterocycles. The number of carbonyl (C=O) groups is 2. The smallest absolute Gasteiger partial charge is 0.410 e. The van der Waals surface area contributed by atoms with Gasteiger partial charge in [-0.1, -0.05) is 69.3 Å². The first-order valence-corrected chi connectivity index (χ1v) is 9.80. The summed E-state index contributed by atoms with van der Waals surface area (Å²) in [5, 5.41) is 9.58. The van der Waals surface area contributed by atoms with Crippen LogP contribution in [-0.2, 0) is 9.53 Å². The molecule has 28 heavy (non-hydrogen) atoms. The molecule has 0 aliphatic heterocycles. The number of carboxylic acids is 1. The Kier molecular flexibility index (Phi) is 6.02. The van der Waals surface area contributed by atoms with Crippen molar-refractivity contribution >= 4 is 12.1 Å². The molecular weight excluding hydrogens is 354 g/mol. The summed E-state index contributed by atoms with van der Waals surface area (Å²) < 4.78 is 5.66. The second kappa shape index (κ2) is 8.46. The van der Waals surface area contributed by atoms with Crippen molar-refractivity contribution in [1.82, 2.24) is 4.90 Å². The number of benzene rings is 2. The Hall–Kier alpha value is -2.82. The average molecular weight is 381 g/mol. The van der Waals surface area contributed by atoms with E-state index in [1.54, 1.807) is 13.8 Å². The molecule has 148 valence electrons. The van der Waals surface area contributed by atoms with E-state index in [0.29, 0.717) is 13.0 Å². The Morgan fingerprint density at radius 2 is 1.57 bits per heavy atom. The van der Waals surface area contributed by atoms with Crippen LogP contribution >= 0.6 is 0 Å². The minimum atomic E-state index is -1.00. The predicted octanol–water partition coefficient (Wildman–Crippen LogP) is 4.76. The third-order valence-electron chi connectivity index (χ3n) is 5.26. The molecule has 0 radical (unpaired) electrons. The molecule has 1 aliphatic carbocycles. The number of hydrogen-bond donors (Lipinski definition) is 1. The highest BCUT2D eigenvalue weighted by Crippen LogP contribution is 2.44. The van der Waals surface area contributed by atoms with E-state index in [1.807, 2.05) is 31.2 Å². The molecule has 1 N–H and O–H groups in total. The molecule has 0 bridgehead atoms. The van der Waals surface area contributed by atoms with Crippen molar-refractivity contribution in [1.29, 1.82) is 0 Å². The van der Waals surface area contributed by atoms with E-state index in [9.17, 15) is 14.7 Å². The van der Waals surface area contributed by atoms with Crippen molar-refractivity contribution < 1.29 is 19.4 Å². The zero-order chi connectivity index (χ0) is 20.3. The summed E-state index contributed by atoms with van der Waals surface area (Å²) >= 11 is 0. The molecule has 1 atom stereocenters. The van der Waals surface area contributed by atoms with E-state index in [1.165, 1.54) is 4.90 Å². The third-order valence-corrected chi connectivity index (χ3v) is 5.26. The van der Waals surface area contributed by atoms with Crippen molar-refractivity contribution in [2.24, 2.45) is 5.92 Å². The summed E-state index contributed by atoms with van der Waals surface area (Å²) in [6.45, 7) is 6.07. The first kappa shape index (κ1) is 19.9. The molecule has 1 aliphatic rings. The van der Waals surface area contributed by atoms with Gasteiger partial charge in [0.05, 0.1) is 0 Å². The van der Waals surface area contributed by atoms with Gasteiger partial charge in [-0.2, -0.15) is 0 Å². The topological polar surface area (TPSA) is 66.8 Å². The van der Waals surface area contributed by atoms with Crippen LogP contribution in [-0.4, -0.2) is 41.3 Å². The number of amides is 1. The normalized spacial score (nSPS) is 13.7. The van der Waals surface area contributed by atoms with Gasteiger partial charge in [-0.3, -0.25) is 4.90 Å². The second-order valence-corrected chi connectivity index (χ2v) is 7.52. The van der Waals surface area contributed by atoms with E-state index in [2.05, 4.69) is 24.3 Å². The predicted molar refractivity (Wildman–Crippen MR) is 108 cm³/mol. The van der Waals surface area contributed by atoms with Gasteiger partial charge in [0.15, 0.2) is 0 Å². The molecule has 1 unspecified atom stereocenters. The van der Waals surface area contributed by atoms with Gasteiger partial charge in [0.25, 0.3) is 0 Å². The van der Waals surface area contributed by atoms with Gasteiger partial charge in [0, 0.05) is 12.5 Å². The summed E-state index contributed by atoms with van der Waals surface area (Å²) in [5.41, 5.74) is 4.60. The van der Waals surface area contributed by atoms with Gasteiger partial charge >= 0.3 is 12.1 Å². The minimum Gasteiger partial charge on any atom is -0.480 e. The Balaban J connectivity index is 1.81. The number of rotatable bonds is 7. The van der Waals surface area contributed by atoms with E-state index in [4.69, 9.17) is 4.74 Å². The lowest BCUT2D eigenvalue weighted by Gasteiger charge is -2.30. The summed E-state index contributed by atoms with van der Waals surface area (Å²) in [6, 6.07) is 15.4. The average Bonchev–Trinajstić information content (AvgIpc) is 2.99. The van der Waals surface area contributed by atoms with Crippen molar-refractivity contribution in [2.75, 3.05) is 13.2 Å². The highest BCUT2D eigenvalue weighted by Gasteiger charge is 2.34. The first-order valence-electron chi connectivity index (χ1n) is 9.80. The van der Waals surface area contributed by atoms with Crippen LogP contribution in [0.25, 0.3) is 11.1 Å². The monoisotopic (exact) mass is 381 g/mol. The highest BCUT2D eigenvalue weighted by atomic mass is 16.6. The van der Waals surface area contributed by atoms with Gasteiger partial charge in [-0.25, -0.2) is 9.59 Å². The lowest BCUT2D eigenvalue weighted by molar-refractivity contribution is -0.144. The van der Waals surface area contributed by atoms with Crippen molar-refractivity contribution in [3.8, 4) is 11.1 Å². The van der Waals surface area contributed by atoms with Gasteiger partial charge in [-0.15, -0.1) is 0 Å².